The van der Waals surface area contributed by atoms with E-state index in [-0.39, 0.29) is 17.8 Å². The van der Waals surface area contributed by atoms with Gasteiger partial charge in [-0.2, -0.15) is 0 Å². The minimum Gasteiger partial charge on any atom is -0.466 e. The van der Waals surface area contributed by atoms with Crippen molar-refractivity contribution in [1.82, 2.24) is 0 Å². The number of carbonyl (C=O) groups is 1. The minimum absolute atomic E-state index is 0.138. The lowest BCUT2D eigenvalue weighted by atomic mass is 9.75. The van der Waals surface area contributed by atoms with Gasteiger partial charge in [0.2, 0.25) is 0 Å². The van der Waals surface area contributed by atoms with Crippen LogP contribution in [0.25, 0.3) is 0 Å². The largest absolute Gasteiger partial charge is 0.466 e. The quantitative estimate of drug-likeness (QED) is 0.631. The van der Waals surface area contributed by atoms with Gasteiger partial charge in [0.15, 0.2) is 0 Å². The highest BCUT2D eigenvalue weighted by molar-refractivity contribution is 5.77. The molecule has 1 aliphatic carbocycles. The average molecular weight is 194 g/mol. The molecule has 2 heteroatoms. The molecule has 0 aromatic heterocycles. The van der Waals surface area contributed by atoms with Gasteiger partial charge >= 0.3 is 5.97 Å². The van der Waals surface area contributed by atoms with E-state index in [1.54, 1.807) is 0 Å². The van der Waals surface area contributed by atoms with Crippen molar-refractivity contribution in [3.8, 4) is 0 Å². The van der Waals surface area contributed by atoms with Gasteiger partial charge in [0.05, 0.1) is 12.5 Å². The Bertz CT molecular complexity index is 265. The third kappa shape index (κ3) is 2.06. The summed E-state index contributed by atoms with van der Waals surface area (Å²) in [4.78, 5) is 11.6. The van der Waals surface area contributed by atoms with Crippen LogP contribution in [-0.2, 0) is 9.53 Å². The van der Waals surface area contributed by atoms with E-state index in [0.29, 0.717) is 12.5 Å². The SMILES string of the molecule is C=C1C=CC(C)C(C)C1C(=O)OCC. The minimum atomic E-state index is -0.157. The number of carbonyl (C=O) groups excluding carboxylic acids is 1. The third-order valence-corrected chi connectivity index (χ3v) is 2.91. The fourth-order valence-electron chi connectivity index (χ4n) is 1.79. The van der Waals surface area contributed by atoms with Crippen LogP contribution in [0.2, 0.25) is 0 Å². The van der Waals surface area contributed by atoms with Crippen LogP contribution < -0.4 is 0 Å². The van der Waals surface area contributed by atoms with Crippen molar-refractivity contribution in [1.29, 1.82) is 0 Å². The molecule has 0 spiro atoms. The summed E-state index contributed by atoms with van der Waals surface area (Å²) in [6, 6.07) is 0. The Hall–Kier alpha value is -1.05. The normalized spacial score (nSPS) is 31.6. The highest BCUT2D eigenvalue weighted by Crippen LogP contribution is 2.33. The summed E-state index contributed by atoms with van der Waals surface area (Å²) in [6.45, 7) is 10.3. The molecule has 0 bridgehead atoms. The molecule has 0 fully saturated rings. The Morgan fingerprint density at radius 2 is 2.21 bits per heavy atom. The van der Waals surface area contributed by atoms with Gasteiger partial charge in [-0.3, -0.25) is 4.79 Å². The number of hydrogen-bond acceptors (Lipinski definition) is 2. The number of hydrogen-bond donors (Lipinski definition) is 0. The van der Waals surface area contributed by atoms with Crippen LogP contribution in [0.1, 0.15) is 20.8 Å². The molecule has 2 nitrogen and oxygen atoms in total. The van der Waals surface area contributed by atoms with E-state index in [1.165, 1.54) is 0 Å². The summed E-state index contributed by atoms with van der Waals surface area (Å²) >= 11 is 0. The van der Waals surface area contributed by atoms with Crippen LogP contribution in [0.3, 0.4) is 0 Å². The lowest BCUT2D eigenvalue weighted by molar-refractivity contribution is -0.148. The van der Waals surface area contributed by atoms with Gasteiger partial charge in [0, 0.05) is 0 Å². The van der Waals surface area contributed by atoms with Crippen molar-refractivity contribution in [2.24, 2.45) is 17.8 Å². The standard InChI is InChI=1S/C12H18O2/c1-5-14-12(13)11-9(3)7-6-8(2)10(11)4/h6-8,10-11H,3,5H2,1-2,4H3. The highest BCUT2D eigenvalue weighted by Gasteiger charge is 2.33. The Kier molecular flexibility index (Phi) is 3.50. The number of allylic oxidation sites excluding steroid dienone is 2. The summed E-state index contributed by atoms with van der Waals surface area (Å²) < 4.78 is 5.04. The predicted molar refractivity (Wildman–Crippen MR) is 56.7 cm³/mol. The molecule has 3 atom stereocenters. The fourth-order valence-corrected chi connectivity index (χ4v) is 1.79. The van der Waals surface area contributed by atoms with Crippen molar-refractivity contribution in [2.45, 2.75) is 20.8 Å². The van der Waals surface area contributed by atoms with Gasteiger partial charge in [0.1, 0.15) is 0 Å². The molecule has 1 rings (SSSR count). The zero-order chi connectivity index (χ0) is 10.7. The smallest absolute Gasteiger partial charge is 0.313 e. The first-order valence-electron chi connectivity index (χ1n) is 5.11. The molecular formula is C12H18O2. The molecule has 1 aliphatic rings. The van der Waals surface area contributed by atoms with E-state index in [9.17, 15) is 4.79 Å². The maximum Gasteiger partial charge on any atom is 0.313 e. The topological polar surface area (TPSA) is 26.3 Å². The second-order valence-corrected chi connectivity index (χ2v) is 3.88. The Labute approximate surface area is 85.6 Å². The molecule has 0 saturated heterocycles. The second kappa shape index (κ2) is 4.45. The van der Waals surface area contributed by atoms with Crippen LogP contribution in [0.4, 0.5) is 0 Å². The zero-order valence-corrected chi connectivity index (χ0v) is 9.12. The average Bonchev–Trinajstić information content (AvgIpc) is 2.13. The molecule has 0 amide bonds. The maximum absolute atomic E-state index is 11.6. The summed E-state index contributed by atoms with van der Waals surface area (Å²) in [7, 11) is 0. The Balaban J connectivity index is 2.80. The summed E-state index contributed by atoms with van der Waals surface area (Å²) in [5.41, 5.74) is 0.869. The van der Waals surface area contributed by atoms with Crippen molar-refractivity contribution in [2.75, 3.05) is 6.61 Å². The predicted octanol–water partition coefficient (Wildman–Crippen LogP) is 2.56. The fraction of sp³-hybridized carbons (Fsp3) is 0.583. The van der Waals surface area contributed by atoms with E-state index in [2.05, 4.69) is 26.5 Å². The molecule has 78 valence electrons. The molecule has 0 aromatic carbocycles. The lowest BCUT2D eigenvalue weighted by Gasteiger charge is -2.29. The molecule has 0 heterocycles. The molecule has 3 unspecified atom stereocenters. The lowest BCUT2D eigenvalue weighted by Crippen LogP contribution is -2.30. The molecule has 0 aromatic rings. The Morgan fingerprint density at radius 1 is 1.57 bits per heavy atom. The zero-order valence-electron chi connectivity index (χ0n) is 9.12. The second-order valence-electron chi connectivity index (χ2n) is 3.88. The van der Waals surface area contributed by atoms with Crippen molar-refractivity contribution >= 4 is 5.97 Å². The Morgan fingerprint density at radius 3 is 2.79 bits per heavy atom. The van der Waals surface area contributed by atoms with Crippen LogP contribution in [0.5, 0.6) is 0 Å². The van der Waals surface area contributed by atoms with Gasteiger partial charge in [-0.1, -0.05) is 32.6 Å². The first kappa shape index (κ1) is 11.0. The van der Waals surface area contributed by atoms with Gasteiger partial charge in [0.25, 0.3) is 0 Å². The van der Waals surface area contributed by atoms with E-state index < -0.39 is 0 Å². The molecule has 0 aliphatic heterocycles. The van der Waals surface area contributed by atoms with E-state index in [1.807, 2.05) is 13.0 Å². The molecule has 14 heavy (non-hydrogen) atoms. The molecule has 0 N–H and O–H groups in total. The van der Waals surface area contributed by atoms with Gasteiger partial charge in [-0.05, 0) is 24.3 Å². The first-order chi connectivity index (χ1) is 6.57. The summed E-state index contributed by atoms with van der Waals surface area (Å²) in [5.74, 6) is 0.401. The number of rotatable bonds is 2. The van der Waals surface area contributed by atoms with Gasteiger partial charge in [-0.15, -0.1) is 0 Å². The van der Waals surface area contributed by atoms with Crippen molar-refractivity contribution in [3.05, 3.63) is 24.3 Å². The van der Waals surface area contributed by atoms with Crippen LogP contribution >= 0.6 is 0 Å². The number of esters is 1. The number of ether oxygens (including phenoxy) is 1. The van der Waals surface area contributed by atoms with E-state index >= 15 is 0 Å². The van der Waals surface area contributed by atoms with Crippen molar-refractivity contribution < 1.29 is 9.53 Å². The van der Waals surface area contributed by atoms with E-state index in [0.717, 1.165) is 5.57 Å². The van der Waals surface area contributed by atoms with Gasteiger partial charge in [-0.25, -0.2) is 0 Å². The highest BCUT2D eigenvalue weighted by atomic mass is 16.5. The van der Waals surface area contributed by atoms with E-state index in [4.69, 9.17) is 4.74 Å². The van der Waals surface area contributed by atoms with Gasteiger partial charge < -0.3 is 4.74 Å². The molecule has 0 radical (unpaired) electrons. The van der Waals surface area contributed by atoms with Crippen LogP contribution in [-0.4, -0.2) is 12.6 Å². The monoisotopic (exact) mass is 194 g/mol. The van der Waals surface area contributed by atoms with Crippen LogP contribution in [0, 0.1) is 17.8 Å². The summed E-state index contributed by atoms with van der Waals surface area (Å²) in [6.07, 6.45) is 4.04. The van der Waals surface area contributed by atoms with Crippen molar-refractivity contribution in [3.63, 3.8) is 0 Å². The molecule has 0 saturated carbocycles. The first-order valence-corrected chi connectivity index (χ1v) is 5.11. The summed E-state index contributed by atoms with van der Waals surface area (Å²) in [5, 5.41) is 0. The van der Waals surface area contributed by atoms with Crippen LogP contribution in [0.15, 0.2) is 24.3 Å². The molecular weight excluding hydrogens is 176 g/mol. The maximum atomic E-state index is 11.6. The third-order valence-electron chi connectivity index (χ3n) is 2.91.